The lowest BCUT2D eigenvalue weighted by Gasteiger charge is -2.40. The van der Waals surface area contributed by atoms with Gasteiger partial charge in [0.15, 0.2) is 0 Å². The van der Waals surface area contributed by atoms with Gasteiger partial charge in [-0.1, -0.05) is 6.42 Å². The number of hydrogen-bond acceptors (Lipinski definition) is 4. The first-order valence-corrected chi connectivity index (χ1v) is 6.34. The number of aliphatic hydroxyl groups is 1. The van der Waals surface area contributed by atoms with E-state index in [1.54, 1.807) is 12.3 Å². The van der Waals surface area contributed by atoms with E-state index in [0.717, 1.165) is 25.7 Å². The predicted octanol–water partition coefficient (Wildman–Crippen LogP) is 2.45. The van der Waals surface area contributed by atoms with Gasteiger partial charge in [0, 0.05) is 18.9 Å². The Morgan fingerprint density at radius 2 is 2.29 bits per heavy atom. The first kappa shape index (κ1) is 12.6. The van der Waals surface area contributed by atoms with E-state index < -0.39 is 0 Å². The molecule has 5 heteroatoms. The van der Waals surface area contributed by atoms with Crippen molar-refractivity contribution >= 4 is 11.6 Å². The van der Waals surface area contributed by atoms with Crippen LogP contribution in [0.15, 0.2) is 12.3 Å². The van der Waals surface area contributed by atoms with E-state index in [4.69, 9.17) is 16.3 Å². The Bertz CT molecular complexity index is 364. The molecule has 1 N–H and O–H groups in total. The summed E-state index contributed by atoms with van der Waals surface area (Å²) in [4.78, 5) is 7.73. The lowest BCUT2D eigenvalue weighted by Crippen LogP contribution is -2.33. The van der Waals surface area contributed by atoms with Crippen LogP contribution >= 0.6 is 11.6 Å². The van der Waals surface area contributed by atoms with Crippen molar-refractivity contribution in [2.75, 3.05) is 13.2 Å². The minimum Gasteiger partial charge on any atom is -0.478 e. The van der Waals surface area contributed by atoms with Crippen molar-refractivity contribution in [2.24, 2.45) is 5.41 Å². The Kier molecular flexibility index (Phi) is 4.18. The zero-order chi connectivity index (χ0) is 12.1. The van der Waals surface area contributed by atoms with Crippen molar-refractivity contribution in [2.45, 2.75) is 32.1 Å². The quantitative estimate of drug-likeness (QED) is 0.628. The molecule has 94 valence electrons. The topological polar surface area (TPSA) is 55.2 Å². The van der Waals surface area contributed by atoms with Gasteiger partial charge in [0.1, 0.15) is 0 Å². The van der Waals surface area contributed by atoms with Gasteiger partial charge in [-0.3, -0.25) is 0 Å². The van der Waals surface area contributed by atoms with E-state index in [1.165, 1.54) is 6.42 Å². The summed E-state index contributed by atoms with van der Waals surface area (Å²) in [6.07, 6.45) is 7.05. The largest absolute Gasteiger partial charge is 0.478 e. The molecule has 2 rings (SSSR count). The van der Waals surface area contributed by atoms with Crippen LogP contribution in [0.5, 0.6) is 5.88 Å². The second-order valence-electron chi connectivity index (χ2n) is 4.63. The van der Waals surface area contributed by atoms with E-state index in [2.05, 4.69) is 9.97 Å². The van der Waals surface area contributed by atoms with Crippen LogP contribution in [-0.4, -0.2) is 28.3 Å². The summed E-state index contributed by atoms with van der Waals surface area (Å²) in [5.74, 6) is 0.511. The maximum absolute atomic E-state index is 9.31. The summed E-state index contributed by atoms with van der Waals surface area (Å²) in [5.41, 5.74) is 0.173. The van der Waals surface area contributed by atoms with Gasteiger partial charge in [0.25, 0.3) is 0 Å². The normalized spacial score (nSPS) is 17.5. The zero-order valence-electron chi connectivity index (χ0n) is 9.73. The van der Waals surface area contributed by atoms with Crippen molar-refractivity contribution in [1.29, 1.82) is 0 Å². The van der Waals surface area contributed by atoms with E-state index in [0.29, 0.717) is 19.1 Å². The molecule has 17 heavy (non-hydrogen) atoms. The molecule has 0 unspecified atom stereocenters. The number of rotatable bonds is 6. The average Bonchev–Trinajstić information content (AvgIpc) is 2.27. The molecular formula is C12H17ClN2O2. The molecule has 4 nitrogen and oxygen atoms in total. The van der Waals surface area contributed by atoms with Crippen molar-refractivity contribution < 1.29 is 9.84 Å². The number of aliphatic hydroxyl groups excluding tert-OH is 1. The fourth-order valence-electron chi connectivity index (χ4n) is 2.19. The van der Waals surface area contributed by atoms with Crippen LogP contribution < -0.4 is 4.74 Å². The predicted molar refractivity (Wildman–Crippen MR) is 65.1 cm³/mol. The third-order valence-corrected chi connectivity index (χ3v) is 3.63. The summed E-state index contributed by atoms with van der Waals surface area (Å²) in [6.45, 7) is 0.904. The van der Waals surface area contributed by atoms with Crippen molar-refractivity contribution in [3.05, 3.63) is 17.5 Å². The summed E-state index contributed by atoms with van der Waals surface area (Å²) >= 11 is 5.65. The number of aromatic nitrogens is 2. The molecule has 0 spiro atoms. The number of hydrogen-bond donors (Lipinski definition) is 1. The van der Waals surface area contributed by atoms with Gasteiger partial charge >= 0.3 is 0 Å². The van der Waals surface area contributed by atoms with Crippen LogP contribution in [0.4, 0.5) is 0 Å². The highest BCUT2D eigenvalue weighted by molar-refractivity contribution is 6.28. The molecular weight excluding hydrogens is 240 g/mol. The molecule has 0 amide bonds. The second-order valence-corrected chi connectivity index (χ2v) is 4.97. The molecule has 1 heterocycles. The van der Waals surface area contributed by atoms with Gasteiger partial charge in [-0.05, 0) is 42.7 Å². The van der Waals surface area contributed by atoms with Crippen molar-refractivity contribution in [3.63, 3.8) is 0 Å². The fourth-order valence-corrected chi connectivity index (χ4v) is 2.33. The van der Waals surface area contributed by atoms with Crippen LogP contribution in [0.25, 0.3) is 0 Å². The number of halogens is 1. The summed E-state index contributed by atoms with van der Waals surface area (Å²) in [5, 5.41) is 9.51. The van der Waals surface area contributed by atoms with E-state index in [-0.39, 0.29) is 10.7 Å². The minimum atomic E-state index is 0.173. The van der Waals surface area contributed by atoms with Gasteiger partial charge in [-0.25, -0.2) is 4.98 Å². The fraction of sp³-hybridized carbons (Fsp3) is 0.667. The molecule has 1 fully saturated rings. The Morgan fingerprint density at radius 1 is 1.47 bits per heavy atom. The van der Waals surface area contributed by atoms with Crippen molar-refractivity contribution in [3.8, 4) is 5.88 Å². The van der Waals surface area contributed by atoms with Crippen LogP contribution in [0.1, 0.15) is 32.1 Å². The number of ether oxygens (including phenoxy) is 1. The van der Waals surface area contributed by atoms with Crippen LogP contribution in [0.3, 0.4) is 0 Å². The Hall–Kier alpha value is -0.870. The summed E-state index contributed by atoms with van der Waals surface area (Å²) in [7, 11) is 0. The standard InChI is InChI=1S/C12H17ClN2O2/c13-11-14-7-3-10(15-11)17-8-2-6-12(9-16)4-1-5-12/h3,7,16H,1-2,4-6,8-9H2. The Morgan fingerprint density at radius 3 is 2.88 bits per heavy atom. The smallest absolute Gasteiger partial charge is 0.225 e. The lowest BCUT2D eigenvalue weighted by molar-refractivity contribution is 0.0307. The minimum absolute atomic E-state index is 0.173. The highest BCUT2D eigenvalue weighted by atomic mass is 35.5. The Labute approximate surface area is 106 Å². The molecule has 1 aliphatic carbocycles. The lowest BCUT2D eigenvalue weighted by atomic mass is 9.67. The highest BCUT2D eigenvalue weighted by Gasteiger charge is 2.35. The van der Waals surface area contributed by atoms with Gasteiger partial charge in [0.05, 0.1) is 6.61 Å². The first-order valence-electron chi connectivity index (χ1n) is 5.96. The van der Waals surface area contributed by atoms with Crippen molar-refractivity contribution in [1.82, 2.24) is 9.97 Å². The molecule has 1 aromatic heterocycles. The molecule has 0 radical (unpaired) electrons. The molecule has 0 bridgehead atoms. The van der Waals surface area contributed by atoms with E-state index in [9.17, 15) is 5.11 Å². The molecule has 1 saturated carbocycles. The SMILES string of the molecule is OCC1(CCCOc2ccnc(Cl)n2)CCC1. The molecule has 0 atom stereocenters. The average molecular weight is 257 g/mol. The number of nitrogens with zero attached hydrogens (tertiary/aromatic N) is 2. The second kappa shape index (κ2) is 5.65. The van der Waals surface area contributed by atoms with Crippen LogP contribution in [-0.2, 0) is 0 Å². The monoisotopic (exact) mass is 256 g/mol. The van der Waals surface area contributed by atoms with Gasteiger partial charge in [-0.15, -0.1) is 0 Å². The Balaban J connectivity index is 1.69. The third kappa shape index (κ3) is 3.30. The maximum Gasteiger partial charge on any atom is 0.225 e. The molecule has 0 aromatic carbocycles. The third-order valence-electron chi connectivity index (χ3n) is 3.45. The van der Waals surface area contributed by atoms with E-state index in [1.807, 2.05) is 0 Å². The van der Waals surface area contributed by atoms with E-state index >= 15 is 0 Å². The van der Waals surface area contributed by atoms with Gasteiger partial charge in [-0.2, -0.15) is 4.98 Å². The molecule has 1 aromatic rings. The molecule has 0 aliphatic heterocycles. The van der Waals surface area contributed by atoms with Gasteiger partial charge < -0.3 is 9.84 Å². The first-order chi connectivity index (χ1) is 8.24. The van der Waals surface area contributed by atoms with Gasteiger partial charge in [0.2, 0.25) is 11.2 Å². The molecule has 1 aliphatic rings. The molecule has 0 saturated heterocycles. The summed E-state index contributed by atoms with van der Waals surface area (Å²) < 4.78 is 5.48. The van der Waals surface area contributed by atoms with Crippen LogP contribution in [0, 0.1) is 5.41 Å². The summed E-state index contributed by atoms with van der Waals surface area (Å²) in [6, 6.07) is 1.69. The van der Waals surface area contributed by atoms with Crippen LogP contribution in [0.2, 0.25) is 5.28 Å². The zero-order valence-corrected chi connectivity index (χ0v) is 10.5. The maximum atomic E-state index is 9.31. The highest BCUT2D eigenvalue weighted by Crippen LogP contribution is 2.44.